The minimum absolute atomic E-state index is 0.0390. The van der Waals surface area contributed by atoms with Crippen LogP contribution < -0.4 is 28.2 Å². The highest BCUT2D eigenvalue weighted by Crippen LogP contribution is 2.32. The molecule has 2 heterocycles. The molecule has 4 aromatic rings. The Hall–Kier alpha value is -3.95. The number of hydrogen-bond donors (Lipinski definition) is 5. The van der Waals surface area contributed by atoms with Gasteiger partial charge in [0.1, 0.15) is 5.65 Å². The molecule has 9 heteroatoms. The third-order valence-electron chi connectivity index (χ3n) is 9.60. The number of aryl methyl sites for hydroxylation is 2. The fourth-order valence-electron chi connectivity index (χ4n) is 6.46. The zero-order valence-corrected chi connectivity index (χ0v) is 31.8. The van der Waals surface area contributed by atoms with Gasteiger partial charge in [-0.25, -0.2) is 4.79 Å². The van der Waals surface area contributed by atoms with Gasteiger partial charge in [0.25, 0.3) is 0 Å². The minimum atomic E-state index is -0.302. The summed E-state index contributed by atoms with van der Waals surface area (Å²) in [5.41, 5.74) is 26.5. The Kier molecular flexibility index (Phi) is 13.1. The van der Waals surface area contributed by atoms with Crippen molar-refractivity contribution >= 4 is 17.0 Å². The molecule has 0 aliphatic heterocycles. The standard InChI is InChI=1S/C22H31N7O.C19H31N/c1-14(25-10-5-11-26-20(23)24)15-6-8-17(9-7-15)29-13-16-12-18(22(2,3)4)27-19(16)28-21(29)30;1-14(20)8-7-10-16-13-17(19(2,3)4)12-15-9-5-6-11-18(15)16/h6-9,12-14,25H,5,10-11H2,1-4H3,(H4,23,24,26)(H,27,28,30);12-14H,5-11,20H2,1-4H3/t2*14-/m00/s1. The maximum absolute atomic E-state index is 12.6. The first-order valence-corrected chi connectivity index (χ1v) is 18.5. The third kappa shape index (κ3) is 10.8. The topological polar surface area (TPSA) is 153 Å². The first-order chi connectivity index (χ1) is 23.5. The number of H-pyrrole nitrogens is 1. The van der Waals surface area contributed by atoms with Crippen molar-refractivity contribution < 1.29 is 0 Å². The number of fused-ring (bicyclic) bond motifs is 2. The average Bonchev–Trinajstić information content (AvgIpc) is 3.47. The summed E-state index contributed by atoms with van der Waals surface area (Å²) in [6, 6.07) is 15.5. The van der Waals surface area contributed by atoms with Gasteiger partial charge in [0, 0.05) is 41.3 Å². The van der Waals surface area contributed by atoms with Crippen LogP contribution in [0.3, 0.4) is 0 Å². The van der Waals surface area contributed by atoms with E-state index in [9.17, 15) is 4.79 Å². The molecule has 50 heavy (non-hydrogen) atoms. The van der Waals surface area contributed by atoms with Crippen LogP contribution in [0.5, 0.6) is 0 Å². The van der Waals surface area contributed by atoms with E-state index in [1.54, 1.807) is 21.3 Å². The molecular weight excluding hydrogens is 621 g/mol. The van der Waals surface area contributed by atoms with Gasteiger partial charge < -0.3 is 27.5 Å². The number of guanidine groups is 1. The third-order valence-corrected chi connectivity index (χ3v) is 9.60. The van der Waals surface area contributed by atoms with E-state index in [2.05, 4.69) is 93.9 Å². The number of nitrogens with one attached hydrogen (secondary N) is 2. The number of aromatic nitrogens is 3. The average molecular weight is 683 g/mol. The van der Waals surface area contributed by atoms with Gasteiger partial charge in [-0.3, -0.25) is 9.56 Å². The molecule has 0 saturated carbocycles. The van der Waals surface area contributed by atoms with E-state index in [1.165, 1.54) is 44.1 Å². The fourth-order valence-corrected chi connectivity index (χ4v) is 6.46. The van der Waals surface area contributed by atoms with Crippen molar-refractivity contribution in [1.82, 2.24) is 19.9 Å². The van der Waals surface area contributed by atoms with E-state index in [0.717, 1.165) is 41.7 Å². The van der Waals surface area contributed by atoms with Crippen molar-refractivity contribution in [3.05, 3.63) is 92.7 Å². The number of aliphatic imine (C=N–C) groups is 1. The number of nitrogens with two attached hydrogens (primary N) is 3. The Morgan fingerprint density at radius 2 is 1.68 bits per heavy atom. The summed E-state index contributed by atoms with van der Waals surface area (Å²) < 4.78 is 1.58. The number of aromatic amines is 1. The van der Waals surface area contributed by atoms with Gasteiger partial charge >= 0.3 is 5.69 Å². The van der Waals surface area contributed by atoms with Crippen LogP contribution in [-0.2, 0) is 30.1 Å². The molecule has 1 aliphatic carbocycles. The molecule has 1 aliphatic rings. The molecule has 2 atom stereocenters. The summed E-state index contributed by atoms with van der Waals surface area (Å²) in [6.07, 6.45) is 11.5. The maximum Gasteiger partial charge on any atom is 0.354 e. The second-order valence-corrected chi connectivity index (χ2v) is 16.2. The lowest BCUT2D eigenvalue weighted by molar-refractivity contribution is 0.562. The van der Waals surface area contributed by atoms with E-state index in [-0.39, 0.29) is 28.5 Å². The smallest absolute Gasteiger partial charge is 0.354 e. The van der Waals surface area contributed by atoms with Crippen LogP contribution in [-0.4, -0.2) is 39.6 Å². The molecule has 0 amide bonds. The molecule has 2 aromatic heterocycles. The van der Waals surface area contributed by atoms with Crippen molar-refractivity contribution in [2.75, 3.05) is 13.1 Å². The summed E-state index contributed by atoms with van der Waals surface area (Å²) in [4.78, 5) is 24.0. The molecule has 0 spiro atoms. The van der Waals surface area contributed by atoms with Crippen LogP contribution in [0.25, 0.3) is 16.7 Å². The molecule has 2 aromatic carbocycles. The molecule has 0 saturated heterocycles. The Labute approximate surface area is 299 Å². The van der Waals surface area contributed by atoms with Crippen LogP contribution in [0, 0.1) is 0 Å². The molecule has 0 unspecified atom stereocenters. The zero-order valence-electron chi connectivity index (χ0n) is 31.8. The van der Waals surface area contributed by atoms with E-state index in [0.29, 0.717) is 18.2 Å². The maximum atomic E-state index is 12.6. The highest BCUT2D eigenvalue weighted by atomic mass is 16.1. The van der Waals surface area contributed by atoms with Crippen molar-refractivity contribution in [3.8, 4) is 5.69 Å². The Morgan fingerprint density at radius 3 is 2.32 bits per heavy atom. The number of rotatable bonds is 11. The molecule has 8 N–H and O–H groups in total. The minimum Gasteiger partial charge on any atom is -0.370 e. The molecule has 9 nitrogen and oxygen atoms in total. The van der Waals surface area contributed by atoms with Crippen LogP contribution >= 0.6 is 0 Å². The Morgan fingerprint density at radius 1 is 0.980 bits per heavy atom. The van der Waals surface area contributed by atoms with E-state index in [1.807, 2.05) is 30.5 Å². The number of nitrogens with zero attached hydrogens (tertiary/aromatic N) is 3. The van der Waals surface area contributed by atoms with Crippen LogP contribution in [0.15, 0.2) is 58.4 Å². The van der Waals surface area contributed by atoms with Crippen LogP contribution in [0.1, 0.15) is 127 Å². The highest BCUT2D eigenvalue weighted by molar-refractivity contribution is 5.76. The molecule has 0 fully saturated rings. The molecular formula is C41H62N8O. The van der Waals surface area contributed by atoms with Gasteiger partial charge in [-0.05, 0) is 123 Å². The summed E-state index contributed by atoms with van der Waals surface area (Å²) in [6.45, 7) is 19.0. The van der Waals surface area contributed by atoms with Crippen LogP contribution in [0.2, 0.25) is 0 Å². The molecule has 0 radical (unpaired) electrons. The van der Waals surface area contributed by atoms with Crippen molar-refractivity contribution in [2.24, 2.45) is 22.2 Å². The zero-order chi connectivity index (χ0) is 36.6. The fraction of sp³-hybridized carbons (Fsp3) is 0.537. The largest absolute Gasteiger partial charge is 0.370 e. The predicted molar refractivity (Wildman–Crippen MR) is 210 cm³/mol. The van der Waals surface area contributed by atoms with Gasteiger partial charge in [0.15, 0.2) is 5.96 Å². The highest BCUT2D eigenvalue weighted by Gasteiger charge is 2.21. The summed E-state index contributed by atoms with van der Waals surface area (Å²) in [5.74, 6) is 0.121. The van der Waals surface area contributed by atoms with Gasteiger partial charge in [-0.1, -0.05) is 65.8 Å². The lowest BCUT2D eigenvalue weighted by Crippen LogP contribution is -2.24. The van der Waals surface area contributed by atoms with Gasteiger partial charge in [-0.2, -0.15) is 4.98 Å². The van der Waals surface area contributed by atoms with Crippen molar-refractivity contribution in [1.29, 1.82) is 0 Å². The van der Waals surface area contributed by atoms with E-state index in [4.69, 9.17) is 17.2 Å². The Balaban J connectivity index is 0.000000244. The van der Waals surface area contributed by atoms with Gasteiger partial charge in [0.05, 0.1) is 5.69 Å². The van der Waals surface area contributed by atoms with E-state index >= 15 is 0 Å². The van der Waals surface area contributed by atoms with Crippen molar-refractivity contribution in [3.63, 3.8) is 0 Å². The first-order valence-electron chi connectivity index (χ1n) is 18.5. The lowest BCUT2D eigenvalue weighted by Gasteiger charge is -2.26. The summed E-state index contributed by atoms with van der Waals surface area (Å²) in [7, 11) is 0. The molecule has 5 rings (SSSR count). The number of benzene rings is 2. The summed E-state index contributed by atoms with van der Waals surface area (Å²) >= 11 is 0. The quantitative estimate of drug-likeness (QED) is 0.0662. The van der Waals surface area contributed by atoms with E-state index < -0.39 is 0 Å². The number of hydrogen-bond acceptors (Lipinski definition) is 5. The van der Waals surface area contributed by atoms with Crippen LogP contribution in [0.4, 0.5) is 0 Å². The monoisotopic (exact) mass is 683 g/mol. The second kappa shape index (κ2) is 16.8. The SMILES string of the molecule is C[C@H](N)CCCc1cc(C(C)(C)C)cc2c1CCCC2.C[C@H](NCCCN=C(N)N)c1ccc(-n2cc3cc(C(C)(C)C)[nH]c3nc2=O)cc1. The van der Waals surface area contributed by atoms with Crippen molar-refractivity contribution in [2.45, 2.75) is 130 Å². The summed E-state index contributed by atoms with van der Waals surface area (Å²) in [5, 5.41) is 4.36. The lowest BCUT2D eigenvalue weighted by atomic mass is 9.79. The first kappa shape index (κ1) is 38.8. The van der Waals surface area contributed by atoms with Gasteiger partial charge in [-0.15, -0.1) is 0 Å². The molecule has 272 valence electrons. The normalized spacial score (nSPS) is 14.4. The second-order valence-electron chi connectivity index (χ2n) is 16.2. The molecule has 0 bridgehead atoms. The predicted octanol–water partition coefficient (Wildman–Crippen LogP) is 6.86. The Bertz CT molecular complexity index is 1780. The van der Waals surface area contributed by atoms with Gasteiger partial charge in [0.2, 0.25) is 0 Å².